The highest BCUT2D eigenvalue weighted by atomic mass is 16.5. The quantitative estimate of drug-likeness (QED) is 0.824. The monoisotopic (exact) mass is 250 g/mol. The van der Waals surface area contributed by atoms with Crippen molar-refractivity contribution in [2.75, 3.05) is 14.2 Å². The second kappa shape index (κ2) is 5.18. The van der Waals surface area contributed by atoms with Gasteiger partial charge in [0.25, 0.3) is 0 Å². The third kappa shape index (κ3) is 2.08. The molecule has 0 aliphatic heterocycles. The summed E-state index contributed by atoms with van der Waals surface area (Å²) in [6.07, 6.45) is 3.41. The van der Waals surface area contributed by atoms with Gasteiger partial charge in [0.2, 0.25) is 0 Å². The van der Waals surface area contributed by atoms with Crippen molar-refractivity contribution in [3.05, 3.63) is 23.8 Å². The largest absolute Gasteiger partial charge is 0.493 e. The summed E-state index contributed by atoms with van der Waals surface area (Å²) in [5.74, 6) is 0.742. The Balaban J connectivity index is 2.50. The molecule has 0 aliphatic carbocycles. The number of aromatic amines is 1. The van der Waals surface area contributed by atoms with Crippen LogP contribution in [0.1, 0.15) is 37.3 Å². The highest BCUT2D eigenvalue weighted by Gasteiger charge is 2.25. The van der Waals surface area contributed by atoms with Crippen LogP contribution >= 0.6 is 0 Å². The molecule has 7 heteroatoms. The molecule has 7 nitrogen and oxygen atoms in total. The van der Waals surface area contributed by atoms with E-state index in [0.717, 1.165) is 17.1 Å². The first-order valence-electron chi connectivity index (χ1n) is 5.83. The maximum atomic E-state index is 5.38. The molecule has 0 bridgehead atoms. The van der Waals surface area contributed by atoms with E-state index in [4.69, 9.17) is 4.74 Å². The fourth-order valence-electron chi connectivity index (χ4n) is 1.97. The van der Waals surface area contributed by atoms with E-state index in [1.807, 2.05) is 11.7 Å². The van der Waals surface area contributed by atoms with Crippen LogP contribution < -0.4 is 10.1 Å². The summed E-state index contributed by atoms with van der Waals surface area (Å²) in [6.45, 7) is 4.15. The zero-order valence-corrected chi connectivity index (χ0v) is 11.0. The third-order valence-electron chi connectivity index (χ3n) is 2.80. The van der Waals surface area contributed by atoms with Gasteiger partial charge in [-0.25, -0.2) is 0 Å². The molecule has 18 heavy (non-hydrogen) atoms. The number of rotatable bonds is 5. The van der Waals surface area contributed by atoms with E-state index >= 15 is 0 Å². The SMILES string of the molecule is CNC(c1cn[nH]n1)c1c(OC)cnn1C(C)C. The fraction of sp³-hybridized carbons (Fsp3) is 0.545. The number of aromatic nitrogens is 5. The molecule has 2 aromatic heterocycles. The van der Waals surface area contributed by atoms with Gasteiger partial charge in [-0.2, -0.15) is 20.5 Å². The number of nitrogens with zero attached hydrogens (tertiary/aromatic N) is 4. The zero-order valence-electron chi connectivity index (χ0n) is 11.0. The van der Waals surface area contributed by atoms with Gasteiger partial charge in [0.1, 0.15) is 11.4 Å². The van der Waals surface area contributed by atoms with Crippen molar-refractivity contribution in [3.8, 4) is 5.75 Å². The predicted molar refractivity (Wildman–Crippen MR) is 66.4 cm³/mol. The minimum Gasteiger partial charge on any atom is -0.493 e. The van der Waals surface area contributed by atoms with E-state index in [9.17, 15) is 0 Å². The molecule has 0 saturated heterocycles. The van der Waals surface area contributed by atoms with Gasteiger partial charge in [-0.3, -0.25) is 4.68 Å². The number of hydrogen-bond acceptors (Lipinski definition) is 5. The zero-order chi connectivity index (χ0) is 13.1. The summed E-state index contributed by atoms with van der Waals surface area (Å²) >= 11 is 0. The summed E-state index contributed by atoms with van der Waals surface area (Å²) in [5.41, 5.74) is 1.75. The number of nitrogens with one attached hydrogen (secondary N) is 2. The molecular formula is C11H18N6O. The van der Waals surface area contributed by atoms with Crippen LogP contribution in [0.5, 0.6) is 5.75 Å². The minimum absolute atomic E-state index is 0.108. The molecule has 0 fully saturated rings. The molecule has 2 heterocycles. The molecule has 0 spiro atoms. The van der Waals surface area contributed by atoms with E-state index < -0.39 is 0 Å². The lowest BCUT2D eigenvalue weighted by molar-refractivity contribution is 0.395. The van der Waals surface area contributed by atoms with Crippen molar-refractivity contribution in [3.63, 3.8) is 0 Å². The lowest BCUT2D eigenvalue weighted by atomic mass is 10.1. The van der Waals surface area contributed by atoms with Crippen LogP contribution in [-0.2, 0) is 0 Å². The summed E-state index contributed by atoms with van der Waals surface area (Å²) in [4.78, 5) is 0. The smallest absolute Gasteiger partial charge is 0.162 e. The molecule has 1 unspecified atom stereocenters. The molecule has 2 aromatic rings. The average molecular weight is 250 g/mol. The third-order valence-corrected chi connectivity index (χ3v) is 2.80. The first-order valence-corrected chi connectivity index (χ1v) is 5.83. The Kier molecular flexibility index (Phi) is 3.61. The van der Waals surface area contributed by atoms with Crippen molar-refractivity contribution in [1.82, 2.24) is 30.5 Å². The van der Waals surface area contributed by atoms with Crippen LogP contribution in [0.15, 0.2) is 12.4 Å². The molecule has 0 radical (unpaired) electrons. The maximum absolute atomic E-state index is 5.38. The molecular weight excluding hydrogens is 232 g/mol. The fourth-order valence-corrected chi connectivity index (χ4v) is 1.97. The summed E-state index contributed by atoms with van der Waals surface area (Å²) in [5, 5.41) is 18.2. The van der Waals surface area contributed by atoms with Gasteiger partial charge in [-0.05, 0) is 20.9 Å². The molecule has 0 aromatic carbocycles. The average Bonchev–Trinajstić information content (AvgIpc) is 2.99. The van der Waals surface area contributed by atoms with Crippen LogP contribution in [0.4, 0.5) is 0 Å². The summed E-state index contributed by atoms with van der Waals surface area (Å²) in [6, 6.07) is 0.134. The number of hydrogen-bond donors (Lipinski definition) is 2. The van der Waals surface area contributed by atoms with Crippen molar-refractivity contribution >= 4 is 0 Å². The Labute approximate surface area is 106 Å². The Morgan fingerprint density at radius 1 is 1.39 bits per heavy atom. The van der Waals surface area contributed by atoms with Crippen LogP contribution in [0.3, 0.4) is 0 Å². The summed E-state index contributed by atoms with van der Waals surface area (Å²) < 4.78 is 7.30. The highest BCUT2D eigenvalue weighted by Crippen LogP contribution is 2.30. The number of ether oxygens (including phenoxy) is 1. The summed E-state index contributed by atoms with van der Waals surface area (Å²) in [7, 11) is 3.51. The van der Waals surface area contributed by atoms with Crippen molar-refractivity contribution < 1.29 is 4.74 Å². The predicted octanol–water partition coefficient (Wildman–Crippen LogP) is 0.899. The molecule has 0 saturated carbocycles. The molecule has 2 N–H and O–H groups in total. The Hall–Kier alpha value is -1.89. The molecule has 0 amide bonds. The van der Waals surface area contributed by atoms with E-state index in [1.54, 1.807) is 19.5 Å². The number of H-pyrrole nitrogens is 1. The second-order valence-electron chi connectivity index (χ2n) is 4.25. The molecule has 1 atom stereocenters. The van der Waals surface area contributed by atoms with Gasteiger partial charge in [0.05, 0.1) is 25.5 Å². The highest BCUT2D eigenvalue weighted by molar-refractivity contribution is 5.33. The van der Waals surface area contributed by atoms with Gasteiger partial charge in [0, 0.05) is 6.04 Å². The normalized spacial score (nSPS) is 12.9. The van der Waals surface area contributed by atoms with Crippen LogP contribution in [0.25, 0.3) is 0 Å². The Bertz CT molecular complexity index is 490. The molecule has 98 valence electrons. The standard InChI is InChI=1S/C11H18N6O/c1-7(2)17-11(9(18-4)6-14-17)10(12-3)8-5-13-16-15-8/h5-7,10,12H,1-4H3,(H,13,15,16). The van der Waals surface area contributed by atoms with Crippen LogP contribution in [-0.4, -0.2) is 39.3 Å². The van der Waals surface area contributed by atoms with E-state index in [2.05, 4.69) is 39.7 Å². The second-order valence-corrected chi connectivity index (χ2v) is 4.25. The maximum Gasteiger partial charge on any atom is 0.162 e. The Morgan fingerprint density at radius 3 is 2.67 bits per heavy atom. The van der Waals surface area contributed by atoms with Crippen molar-refractivity contribution in [2.45, 2.75) is 25.9 Å². The van der Waals surface area contributed by atoms with Crippen molar-refractivity contribution in [1.29, 1.82) is 0 Å². The minimum atomic E-state index is -0.108. The van der Waals surface area contributed by atoms with Gasteiger partial charge in [-0.15, -0.1) is 0 Å². The molecule has 2 rings (SSSR count). The van der Waals surface area contributed by atoms with E-state index in [-0.39, 0.29) is 12.1 Å². The van der Waals surface area contributed by atoms with E-state index in [0.29, 0.717) is 0 Å². The first-order chi connectivity index (χ1) is 8.69. The van der Waals surface area contributed by atoms with Crippen LogP contribution in [0, 0.1) is 0 Å². The lowest BCUT2D eigenvalue weighted by Crippen LogP contribution is -2.23. The first kappa shape index (κ1) is 12.6. The Morgan fingerprint density at radius 2 is 2.17 bits per heavy atom. The van der Waals surface area contributed by atoms with Gasteiger partial charge in [0.15, 0.2) is 5.75 Å². The molecule has 0 aliphatic rings. The number of methoxy groups -OCH3 is 1. The van der Waals surface area contributed by atoms with Gasteiger partial charge in [-0.1, -0.05) is 0 Å². The van der Waals surface area contributed by atoms with Crippen molar-refractivity contribution in [2.24, 2.45) is 0 Å². The van der Waals surface area contributed by atoms with Crippen LogP contribution in [0.2, 0.25) is 0 Å². The topological polar surface area (TPSA) is 80.7 Å². The van der Waals surface area contributed by atoms with E-state index in [1.165, 1.54) is 0 Å². The lowest BCUT2D eigenvalue weighted by Gasteiger charge is -2.19. The van der Waals surface area contributed by atoms with Gasteiger partial charge < -0.3 is 10.1 Å². The van der Waals surface area contributed by atoms with Gasteiger partial charge >= 0.3 is 0 Å².